The van der Waals surface area contributed by atoms with Gasteiger partial charge in [0, 0.05) is 5.56 Å². The van der Waals surface area contributed by atoms with Crippen molar-refractivity contribution in [1.29, 1.82) is 0 Å². The van der Waals surface area contributed by atoms with Crippen molar-refractivity contribution in [2.45, 2.75) is 64.3 Å². The lowest BCUT2D eigenvalue weighted by molar-refractivity contribution is -0.277. The molecule has 1 aliphatic rings. The smallest absolute Gasteiger partial charge is 0.229 e. The first-order valence-electron chi connectivity index (χ1n) is 9.78. The van der Waals surface area contributed by atoms with Gasteiger partial charge in [0.25, 0.3) is 0 Å². The topological polar surface area (TPSA) is 109 Å². The Morgan fingerprint density at radius 1 is 0.931 bits per heavy atom. The van der Waals surface area contributed by atoms with Crippen LogP contribution in [0.1, 0.15) is 36.5 Å². The minimum Gasteiger partial charge on any atom is -0.496 e. The Morgan fingerprint density at radius 2 is 1.62 bits per heavy atom. The van der Waals surface area contributed by atoms with E-state index < -0.39 is 37.3 Å². The summed E-state index contributed by atoms with van der Waals surface area (Å²) in [7, 11) is 1.66. The van der Waals surface area contributed by atoms with Crippen LogP contribution in [0.4, 0.5) is 0 Å². The lowest BCUT2D eigenvalue weighted by Crippen LogP contribution is -2.60. The first-order valence-corrected chi connectivity index (χ1v) is 9.78. The predicted octanol–water partition coefficient (Wildman–Crippen LogP) is 1.77. The maximum Gasteiger partial charge on any atom is 0.229 e. The minimum atomic E-state index is -1.48. The molecule has 2 aromatic carbocycles. The van der Waals surface area contributed by atoms with Crippen LogP contribution in [0.3, 0.4) is 0 Å². The zero-order chi connectivity index (χ0) is 21.5. The molecule has 0 unspecified atom stereocenters. The Morgan fingerprint density at radius 3 is 2.21 bits per heavy atom. The van der Waals surface area contributed by atoms with Gasteiger partial charge in [0.05, 0.1) is 13.7 Å². The number of rotatable bonds is 5. The molecule has 0 aromatic heterocycles. The van der Waals surface area contributed by atoms with Crippen LogP contribution in [0.15, 0.2) is 18.2 Å². The monoisotopic (exact) mass is 406 g/mol. The molecule has 0 spiro atoms. The molecular weight excluding hydrogens is 376 g/mol. The molecule has 0 bridgehead atoms. The number of ether oxygens (including phenoxy) is 3. The summed E-state index contributed by atoms with van der Waals surface area (Å²) in [5, 5.41) is 41.6. The summed E-state index contributed by atoms with van der Waals surface area (Å²) >= 11 is 0. The Hall–Kier alpha value is -1.90. The summed E-state index contributed by atoms with van der Waals surface area (Å²) < 4.78 is 16.9. The van der Waals surface area contributed by atoms with Crippen LogP contribution in [0.2, 0.25) is 0 Å². The fourth-order valence-electron chi connectivity index (χ4n) is 3.90. The minimum absolute atomic E-state index is 0.254. The van der Waals surface area contributed by atoms with Gasteiger partial charge in [-0.05, 0) is 59.9 Å². The molecule has 29 heavy (non-hydrogen) atoms. The highest BCUT2D eigenvalue weighted by molar-refractivity contribution is 5.93. The van der Waals surface area contributed by atoms with Crippen molar-refractivity contribution >= 4 is 10.8 Å². The van der Waals surface area contributed by atoms with Crippen LogP contribution in [-0.2, 0) is 4.74 Å². The first kappa shape index (κ1) is 21.8. The van der Waals surface area contributed by atoms with Gasteiger partial charge in [0.15, 0.2) is 0 Å². The standard InChI is InChI=1S/C22H30O7/c1-10(2)18-14-6-12(4)15(8-13(14)11(3)7-16(18)27-5)28-22-21(26)20(25)19(24)17(9-23)29-22/h6-8,10,17,19-26H,9H2,1-5H3/t17-,19-,20+,21-,22-/m0/s1. The van der Waals surface area contributed by atoms with Crippen molar-refractivity contribution in [2.24, 2.45) is 0 Å². The van der Waals surface area contributed by atoms with E-state index in [1.165, 1.54) is 0 Å². The van der Waals surface area contributed by atoms with E-state index in [0.717, 1.165) is 33.2 Å². The van der Waals surface area contributed by atoms with E-state index in [4.69, 9.17) is 14.2 Å². The molecule has 4 N–H and O–H groups in total. The molecular formula is C22H30O7. The highest BCUT2D eigenvalue weighted by atomic mass is 16.7. The lowest BCUT2D eigenvalue weighted by atomic mass is 9.91. The molecule has 1 heterocycles. The average molecular weight is 406 g/mol. The normalized spacial score (nSPS) is 27.4. The van der Waals surface area contributed by atoms with Gasteiger partial charge < -0.3 is 34.6 Å². The van der Waals surface area contributed by atoms with E-state index in [9.17, 15) is 20.4 Å². The SMILES string of the molecule is COc1cc(C)c2cc(O[C@H]3O[C@@H](CO)[C@H](O)[C@@H](O)[C@@H]3O)c(C)cc2c1C(C)C. The Bertz CT molecular complexity index is 877. The fourth-order valence-corrected chi connectivity index (χ4v) is 3.90. The number of benzene rings is 2. The third kappa shape index (κ3) is 3.93. The largest absolute Gasteiger partial charge is 0.496 e. The summed E-state index contributed by atoms with van der Waals surface area (Å²) in [6.07, 6.45) is -6.59. The number of aliphatic hydroxyl groups is 4. The van der Waals surface area contributed by atoms with Crippen LogP contribution in [0.5, 0.6) is 11.5 Å². The van der Waals surface area contributed by atoms with Gasteiger partial charge in [-0.15, -0.1) is 0 Å². The van der Waals surface area contributed by atoms with E-state index in [2.05, 4.69) is 13.8 Å². The quantitative estimate of drug-likeness (QED) is 0.599. The summed E-state index contributed by atoms with van der Waals surface area (Å²) in [5.41, 5.74) is 2.94. The van der Waals surface area contributed by atoms with E-state index in [-0.39, 0.29) is 5.92 Å². The molecule has 1 aliphatic heterocycles. The summed E-state index contributed by atoms with van der Waals surface area (Å²) in [6, 6.07) is 5.89. The molecule has 0 saturated carbocycles. The third-order valence-corrected chi connectivity index (χ3v) is 5.53. The maximum atomic E-state index is 10.3. The molecule has 160 valence electrons. The molecule has 1 fully saturated rings. The van der Waals surface area contributed by atoms with E-state index in [1.807, 2.05) is 32.0 Å². The summed E-state index contributed by atoms with van der Waals surface area (Å²) in [6.45, 7) is 7.60. The Labute approximate surface area is 170 Å². The van der Waals surface area contributed by atoms with Gasteiger partial charge in [-0.1, -0.05) is 13.8 Å². The van der Waals surface area contributed by atoms with Gasteiger partial charge in [0.1, 0.15) is 35.9 Å². The zero-order valence-electron chi connectivity index (χ0n) is 17.4. The molecule has 0 aliphatic carbocycles. The Kier molecular flexibility index (Phi) is 6.36. The van der Waals surface area contributed by atoms with Crippen LogP contribution in [-0.4, -0.2) is 64.8 Å². The van der Waals surface area contributed by atoms with Crippen molar-refractivity contribution in [3.05, 3.63) is 34.9 Å². The van der Waals surface area contributed by atoms with Gasteiger partial charge in [-0.25, -0.2) is 0 Å². The number of fused-ring (bicyclic) bond motifs is 1. The van der Waals surface area contributed by atoms with Gasteiger partial charge >= 0.3 is 0 Å². The van der Waals surface area contributed by atoms with Gasteiger partial charge in [-0.2, -0.15) is 0 Å². The van der Waals surface area contributed by atoms with Crippen molar-refractivity contribution in [3.63, 3.8) is 0 Å². The Balaban J connectivity index is 2.03. The van der Waals surface area contributed by atoms with Crippen molar-refractivity contribution < 1.29 is 34.6 Å². The number of hydrogen-bond acceptors (Lipinski definition) is 7. The molecule has 0 radical (unpaired) electrons. The van der Waals surface area contributed by atoms with E-state index in [1.54, 1.807) is 7.11 Å². The highest BCUT2D eigenvalue weighted by Gasteiger charge is 2.44. The second kappa shape index (κ2) is 8.45. The zero-order valence-corrected chi connectivity index (χ0v) is 17.4. The van der Waals surface area contributed by atoms with Gasteiger partial charge in [-0.3, -0.25) is 0 Å². The maximum absolute atomic E-state index is 10.3. The van der Waals surface area contributed by atoms with Crippen LogP contribution >= 0.6 is 0 Å². The molecule has 0 amide bonds. The average Bonchev–Trinajstić information content (AvgIpc) is 2.68. The van der Waals surface area contributed by atoms with Crippen molar-refractivity contribution in [1.82, 2.24) is 0 Å². The lowest BCUT2D eigenvalue weighted by Gasteiger charge is -2.39. The number of aliphatic hydroxyl groups excluding tert-OH is 4. The second-order valence-electron chi connectivity index (χ2n) is 7.94. The number of hydrogen-bond donors (Lipinski definition) is 4. The summed E-state index contributed by atoms with van der Waals surface area (Å²) in [4.78, 5) is 0. The molecule has 7 heteroatoms. The van der Waals surface area contributed by atoms with Gasteiger partial charge in [0.2, 0.25) is 6.29 Å². The van der Waals surface area contributed by atoms with E-state index >= 15 is 0 Å². The number of aryl methyl sites for hydroxylation is 2. The van der Waals surface area contributed by atoms with Crippen LogP contribution in [0.25, 0.3) is 10.8 Å². The molecule has 2 aromatic rings. The second-order valence-corrected chi connectivity index (χ2v) is 7.94. The molecule has 1 saturated heterocycles. The van der Waals surface area contributed by atoms with Crippen molar-refractivity contribution in [2.75, 3.05) is 13.7 Å². The van der Waals surface area contributed by atoms with E-state index in [0.29, 0.717) is 5.75 Å². The highest BCUT2D eigenvalue weighted by Crippen LogP contribution is 2.39. The predicted molar refractivity (Wildman–Crippen MR) is 108 cm³/mol. The van der Waals surface area contributed by atoms with Crippen LogP contribution in [0, 0.1) is 13.8 Å². The van der Waals surface area contributed by atoms with Crippen molar-refractivity contribution in [3.8, 4) is 11.5 Å². The molecule has 3 rings (SSSR count). The summed E-state index contributed by atoms with van der Waals surface area (Å²) in [5.74, 6) is 1.58. The fraction of sp³-hybridized carbons (Fsp3) is 0.545. The third-order valence-electron chi connectivity index (χ3n) is 5.53. The first-order chi connectivity index (χ1) is 13.7. The number of methoxy groups -OCH3 is 1. The molecule has 7 nitrogen and oxygen atoms in total. The van der Waals surface area contributed by atoms with Crippen LogP contribution < -0.4 is 9.47 Å². The molecule has 5 atom stereocenters.